The van der Waals surface area contributed by atoms with E-state index in [1.165, 1.54) is 11.1 Å². The van der Waals surface area contributed by atoms with E-state index < -0.39 is 0 Å². The Hall–Kier alpha value is -2.00. The predicted octanol–water partition coefficient (Wildman–Crippen LogP) is 2.53. The van der Waals surface area contributed by atoms with Crippen LogP contribution in [0.3, 0.4) is 0 Å². The Bertz CT molecular complexity index is 540. The second kappa shape index (κ2) is 6.96. The van der Waals surface area contributed by atoms with Crippen LogP contribution in [0.5, 0.6) is 11.5 Å². The van der Waals surface area contributed by atoms with Crippen molar-refractivity contribution in [2.75, 3.05) is 14.2 Å². The second-order valence-electron chi connectivity index (χ2n) is 4.83. The third-order valence-corrected chi connectivity index (χ3v) is 3.48. The first-order valence-corrected chi connectivity index (χ1v) is 6.83. The Morgan fingerprint density at radius 1 is 0.950 bits per heavy atom. The van der Waals surface area contributed by atoms with Crippen LogP contribution in [0.2, 0.25) is 0 Å². The molecule has 2 rings (SSSR count). The summed E-state index contributed by atoms with van der Waals surface area (Å²) in [5, 5.41) is 2.32. The first kappa shape index (κ1) is 14.4. The average Bonchev–Trinajstić information content (AvgIpc) is 2.53. The number of quaternary nitrogens is 1. The molecule has 0 radical (unpaired) electrons. The molecule has 0 aliphatic rings. The number of benzene rings is 2. The van der Waals surface area contributed by atoms with E-state index in [2.05, 4.69) is 42.6 Å². The number of ether oxygens (including phenoxy) is 2. The molecule has 2 aromatic rings. The first-order valence-electron chi connectivity index (χ1n) is 6.83. The van der Waals surface area contributed by atoms with Crippen molar-refractivity contribution in [3.8, 4) is 11.5 Å². The van der Waals surface area contributed by atoms with Crippen LogP contribution >= 0.6 is 0 Å². The summed E-state index contributed by atoms with van der Waals surface area (Å²) < 4.78 is 10.6. The summed E-state index contributed by atoms with van der Waals surface area (Å²) in [6.45, 7) is 3.13. The van der Waals surface area contributed by atoms with Gasteiger partial charge in [0.25, 0.3) is 0 Å². The number of rotatable bonds is 6. The molecule has 0 aromatic heterocycles. The van der Waals surface area contributed by atoms with Crippen LogP contribution < -0.4 is 14.8 Å². The van der Waals surface area contributed by atoms with E-state index in [1.807, 2.05) is 18.2 Å². The van der Waals surface area contributed by atoms with Gasteiger partial charge >= 0.3 is 0 Å². The lowest BCUT2D eigenvalue weighted by Gasteiger charge is -2.12. The maximum atomic E-state index is 5.33. The van der Waals surface area contributed by atoms with Gasteiger partial charge in [0.15, 0.2) is 11.5 Å². The van der Waals surface area contributed by atoms with Gasteiger partial charge in [-0.2, -0.15) is 0 Å². The van der Waals surface area contributed by atoms with E-state index in [0.29, 0.717) is 6.04 Å². The molecule has 3 nitrogen and oxygen atoms in total. The number of nitrogens with two attached hydrogens (primary N) is 1. The zero-order chi connectivity index (χ0) is 14.4. The van der Waals surface area contributed by atoms with Gasteiger partial charge in [0, 0.05) is 11.1 Å². The molecular formula is C17H22NO2+. The van der Waals surface area contributed by atoms with E-state index in [-0.39, 0.29) is 0 Å². The van der Waals surface area contributed by atoms with E-state index in [0.717, 1.165) is 18.0 Å². The van der Waals surface area contributed by atoms with Crippen molar-refractivity contribution in [3.63, 3.8) is 0 Å². The van der Waals surface area contributed by atoms with Gasteiger partial charge in [-0.15, -0.1) is 0 Å². The standard InChI is InChI=1S/C17H21NO2/c1-13(15-7-5-4-6-8-15)18-12-14-9-10-16(19-2)17(11-14)20-3/h4-11,13,18H,12H2,1-3H3/p+1/t13-/m1/s1. The topological polar surface area (TPSA) is 35.1 Å². The molecule has 0 bridgehead atoms. The summed E-state index contributed by atoms with van der Waals surface area (Å²) in [4.78, 5) is 0. The third-order valence-electron chi connectivity index (χ3n) is 3.48. The normalized spacial score (nSPS) is 11.9. The number of hydrogen-bond donors (Lipinski definition) is 1. The van der Waals surface area contributed by atoms with Gasteiger partial charge in [-0.25, -0.2) is 0 Å². The highest BCUT2D eigenvalue weighted by atomic mass is 16.5. The van der Waals surface area contributed by atoms with Crippen LogP contribution in [0, 0.1) is 0 Å². The SMILES string of the molecule is COc1ccc(C[NH2+][C@H](C)c2ccccc2)cc1OC. The van der Waals surface area contributed by atoms with Gasteiger partial charge < -0.3 is 14.8 Å². The van der Waals surface area contributed by atoms with E-state index in [1.54, 1.807) is 14.2 Å². The molecule has 0 saturated carbocycles. The maximum Gasteiger partial charge on any atom is 0.161 e. The van der Waals surface area contributed by atoms with Crippen molar-refractivity contribution in [2.24, 2.45) is 0 Å². The fourth-order valence-corrected chi connectivity index (χ4v) is 2.21. The fourth-order valence-electron chi connectivity index (χ4n) is 2.21. The fraction of sp³-hybridized carbons (Fsp3) is 0.294. The van der Waals surface area contributed by atoms with Gasteiger partial charge in [0.05, 0.1) is 14.2 Å². The van der Waals surface area contributed by atoms with Crippen LogP contribution in [0.15, 0.2) is 48.5 Å². The zero-order valence-electron chi connectivity index (χ0n) is 12.3. The Morgan fingerprint density at radius 2 is 1.65 bits per heavy atom. The molecule has 106 valence electrons. The van der Waals surface area contributed by atoms with Crippen LogP contribution in [-0.4, -0.2) is 14.2 Å². The Balaban J connectivity index is 2.00. The van der Waals surface area contributed by atoms with Crippen LogP contribution in [0.1, 0.15) is 24.1 Å². The molecule has 0 aliphatic heterocycles. The Kier molecular flexibility index (Phi) is 5.02. The van der Waals surface area contributed by atoms with Gasteiger partial charge in [-0.05, 0) is 25.1 Å². The van der Waals surface area contributed by atoms with Crippen LogP contribution in [-0.2, 0) is 6.54 Å². The molecule has 0 unspecified atom stereocenters. The highest BCUT2D eigenvalue weighted by molar-refractivity contribution is 5.42. The van der Waals surface area contributed by atoms with Crippen molar-refractivity contribution in [1.82, 2.24) is 0 Å². The smallest absolute Gasteiger partial charge is 0.161 e. The highest BCUT2D eigenvalue weighted by Crippen LogP contribution is 2.27. The second-order valence-corrected chi connectivity index (χ2v) is 4.83. The minimum atomic E-state index is 0.435. The molecule has 0 fully saturated rings. The maximum absolute atomic E-state index is 5.33. The van der Waals surface area contributed by atoms with E-state index in [9.17, 15) is 0 Å². The van der Waals surface area contributed by atoms with Gasteiger partial charge in [0.2, 0.25) is 0 Å². The summed E-state index contributed by atoms with van der Waals surface area (Å²) in [6.07, 6.45) is 0. The molecule has 20 heavy (non-hydrogen) atoms. The highest BCUT2D eigenvalue weighted by Gasteiger charge is 2.09. The lowest BCUT2D eigenvalue weighted by Crippen LogP contribution is -2.83. The summed E-state index contributed by atoms with van der Waals surface area (Å²) in [7, 11) is 3.32. The van der Waals surface area contributed by atoms with E-state index in [4.69, 9.17) is 9.47 Å². The summed E-state index contributed by atoms with van der Waals surface area (Å²) in [5.74, 6) is 1.55. The molecule has 0 saturated heterocycles. The summed E-state index contributed by atoms with van der Waals surface area (Å²) >= 11 is 0. The van der Waals surface area contributed by atoms with Crippen molar-refractivity contribution in [1.29, 1.82) is 0 Å². The quantitative estimate of drug-likeness (QED) is 0.877. The molecule has 0 heterocycles. The van der Waals surface area contributed by atoms with Crippen molar-refractivity contribution in [3.05, 3.63) is 59.7 Å². The van der Waals surface area contributed by atoms with Crippen molar-refractivity contribution in [2.45, 2.75) is 19.5 Å². The third kappa shape index (κ3) is 3.52. The molecule has 1 atom stereocenters. The van der Waals surface area contributed by atoms with Crippen LogP contribution in [0.25, 0.3) is 0 Å². The van der Waals surface area contributed by atoms with Crippen molar-refractivity contribution >= 4 is 0 Å². The molecule has 0 spiro atoms. The Labute approximate surface area is 120 Å². The minimum Gasteiger partial charge on any atom is -0.493 e. The van der Waals surface area contributed by atoms with Crippen LogP contribution in [0.4, 0.5) is 0 Å². The summed E-state index contributed by atoms with van der Waals surface area (Å²) in [5.41, 5.74) is 2.57. The molecule has 0 aliphatic carbocycles. The summed E-state index contributed by atoms with van der Waals surface area (Å²) in [6, 6.07) is 17.0. The predicted molar refractivity (Wildman–Crippen MR) is 80.0 cm³/mol. The lowest BCUT2D eigenvalue weighted by molar-refractivity contribution is -0.707. The number of hydrogen-bond acceptors (Lipinski definition) is 2. The van der Waals surface area contributed by atoms with Crippen molar-refractivity contribution < 1.29 is 14.8 Å². The molecule has 0 amide bonds. The molecule has 2 N–H and O–H groups in total. The molecule has 3 heteroatoms. The largest absolute Gasteiger partial charge is 0.493 e. The van der Waals surface area contributed by atoms with Gasteiger partial charge in [-0.1, -0.05) is 30.3 Å². The molecule has 2 aromatic carbocycles. The minimum absolute atomic E-state index is 0.435. The average molecular weight is 272 g/mol. The van der Waals surface area contributed by atoms with Gasteiger partial charge in [-0.3, -0.25) is 0 Å². The Morgan fingerprint density at radius 3 is 2.30 bits per heavy atom. The lowest BCUT2D eigenvalue weighted by atomic mass is 10.1. The number of methoxy groups -OCH3 is 2. The zero-order valence-corrected chi connectivity index (χ0v) is 12.3. The van der Waals surface area contributed by atoms with Gasteiger partial charge in [0.1, 0.15) is 12.6 Å². The monoisotopic (exact) mass is 272 g/mol. The van der Waals surface area contributed by atoms with E-state index >= 15 is 0 Å². The first-order chi connectivity index (χ1) is 9.74. The molecular weight excluding hydrogens is 250 g/mol.